The van der Waals surface area contributed by atoms with Crippen LogP contribution < -0.4 is 4.52 Å². The Hall–Kier alpha value is 0.497. The molecule has 0 heterocycles. The van der Waals surface area contributed by atoms with Crippen molar-refractivity contribution in [2.24, 2.45) is 0 Å². The Morgan fingerprint density at radius 3 is 2.42 bits per heavy atom. The molecule has 1 atom stereocenters. The second-order valence-electron chi connectivity index (χ2n) is 2.05. The molecule has 1 rings (SSSR count). The van der Waals surface area contributed by atoms with Crippen molar-refractivity contribution in [1.29, 1.82) is 0 Å². The molecule has 0 N–H and O–H groups in total. The van der Waals surface area contributed by atoms with Crippen LogP contribution in [-0.2, 0) is 4.57 Å². The Bertz CT molecular complexity index is 238. The first-order valence-electron chi connectivity index (χ1n) is 3.50. The molecule has 4 heteroatoms. The van der Waals surface area contributed by atoms with Crippen LogP contribution in [0.4, 0.5) is 0 Å². The summed E-state index contributed by atoms with van der Waals surface area (Å²) in [5.74, 6) is 0.676. The fraction of sp³-hybridized carbons (Fsp3) is 0.250. The zero-order valence-corrected chi connectivity index (χ0v) is 10.9. The average molecular weight is 309 g/mol. The van der Waals surface area contributed by atoms with Gasteiger partial charge >= 0.3 is 8.03 Å². The molecule has 0 aliphatic carbocycles. The van der Waals surface area contributed by atoms with E-state index in [1.165, 1.54) is 0 Å². The second-order valence-corrected chi connectivity index (χ2v) is 3.53. The van der Waals surface area contributed by atoms with Crippen LogP contribution in [0.3, 0.4) is 0 Å². The van der Waals surface area contributed by atoms with Crippen molar-refractivity contribution in [3.63, 3.8) is 0 Å². The van der Waals surface area contributed by atoms with E-state index in [1.807, 2.05) is 25.1 Å². The van der Waals surface area contributed by atoms with Crippen LogP contribution in [0.5, 0.6) is 5.75 Å². The van der Waals surface area contributed by atoms with Crippen molar-refractivity contribution in [2.75, 3.05) is 6.16 Å². The van der Waals surface area contributed by atoms with E-state index in [2.05, 4.69) is 0 Å². The molecule has 0 aliphatic rings. The molecule has 62 valence electrons. The quantitative estimate of drug-likeness (QED) is 0.803. The summed E-state index contributed by atoms with van der Waals surface area (Å²) in [7, 11) is -1.50. The molecule has 12 heavy (non-hydrogen) atoms. The van der Waals surface area contributed by atoms with Gasteiger partial charge in [0.1, 0.15) is 0 Å². The van der Waals surface area contributed by atoms with Crippen molar-refractivity contribution >= 4 is 8.03 Å². The van der Waals surface area contributed by atoms with Gasteiger partial charge in [-0.25, -0.2) is 0 Å². The summed E-state index contributed by atoms with van der Waals surface area (Å²) in [5.41, 5.74) is 0. The topological polar surface area (TPSA) is 26.3 Å². The van der Waals surface area contributed by atoms with Gasteiger partial charge in [-0.1, -0.05) is 18.2 Å². The van der Waals surface area contributed by atoms with Crippen molar-refractivity contribution in [1.82, 2.24) is 0 Å². The monoisotopic (exact) mass is 309 g/mol. The second kappa shape index (κ2) is 6.95. The van der Waals surface area contributed by atoms with E-state index >= 15 is 0 Å². The average Bonchev–Trinajstić information content (AvgIpc) is 2.06. The first-order valence-corrected chi connectivity index (χ1v) is 4.87. The summed E-state index contributed by atoms with van der Waals surface area (Å²) >= 11 is 0. The molecule has 0 amide bonds. The zero-order valence-electron chi connectivity index (χ0n) is 6.86. The SMILES string of the molecule is CC[P+](=O)Oc1ccccc1.[Ce]. The number of benzene rings is 1. The Morgan fingerprint density at radius 2 is 1.92 bits per heavy atom. The zero-order chi connectivity index (χ0) is 8.10. The third-order valence-corrected chi connectivity index (χ3v) is 2.14. The van der Waals surface area contributed by atoms with Crippen LogP contribution in [0.15, 0.2) is 30.3 Å². The van der Waals surface area contributed by atoms with Gasteiger partial charge in [-0.2, -0.15) is 0 Å². The minimum Gasteiger partial charge on any atom is -0.254 e. The fourth-order valence-corrected chi connectivity index (χ4v) is 1.15. The fourth-order valence-electron chi connectivity index (χ4n) is 0.663. The molecule has 0 radical (unpaired) electrons. The Labute approximate surface area is 107 Å². The van der Waals surface area contributed by atoms with Crippen LogP contribution >= 0.6 is 8.03 Å². The van der Waals surface area contributed by atoms with E-state index < -0.39 is 8.03 Å². The molecule has 2 nitrogen and oxygen atoms in total. The predicted octanol–water partition coefficient (Wildman–Crippen LogP) is 2.83. The molecule has 0 bridgehead atoms. The molecule has 0 saturated carbocycles. The van der Waals surface area contributed by atoms with Crippen molar-refractivity contribution < 1.29 is 50.8 Å². The molecule has 0 aromatic heterocycles. The van der Waals surface area contributed by atoms with E-state index in [0.29, 0.717) is 11.9 Å². The smallest absolute Gasteiger partial charge is 0.254 e. The molecule has 1 unspecified atom stereocenters. The van der Waals surface area contributed by atoms with Crippen molar-refractivity contribution in [3.8, 4) is 5.75 Å². The normalized spacial score (nSPS) is 9.92. The van der Waals surface area contributed by atoms with Gasteiger partial charge in [0, 0.05) is 41.7 Å². The first-order chi connectivity index (χ1) is 5.33. The Kier molecular flexibility index (Phi) is 7.24. The summed E-state index contributed by atoms with van der Waals surface area (Å²) in [5, 5.41) is 0. The molecule has 0 saturated heterocycles. The van der Waals surface area contributed by atoms with Gasteiger partial charge in [0.15, 0.2) is 11.9 Å². The molecule has 0 aliphatic heterocycles. The number of hydrogen-bond donors (Lipinski definition) is 0. The maximum absolute atomic E-state index is 10.9. The standard InChI is InChI=1S/C8H10O2P.Ce/c1-2-11(9)10-8-6-4-3-5-7-8;/h3-7H,2H2,1H3;/q+1;. The van der Waals surface area contributed by atoms with E-state index in [1.54, 1.807) is 12.1 Å². The van der Waals surface area contributed by atoms with E-state index in [4.69, 9.17) is 4.52 Å². The molecular formula is C8H10CeO2P+. The number of hydrogen-bond acceptors (Lipinski definition) is 2. The van der Waals surface area contributed by atoms with Crippen molar-refractivity contribution in [2.45, 2.75) is 6.92 Å². The number of para-hydroxylation sites is 1. The molecule has 1 aromatic rings. The van der Waals surface area contributed by atoms with Crippen LogP contribution in [0.1, 0.15) is 6.92 Å². The van der Waals surface area contributed by atoms with Gasteiger partial charge in [-0.05, 0) is 23.6 Å². The maximum Gasteiger partial charge on any atom is 0.555 e. The first kappa shape index (κ1) is 12.5. The Morgan fingerprint density at radius 1 is 1.33 bits per heavy atom. The van der Waals surface area contributed by atoms with E-state index in [0.717, 1.165) is 0 Å². The van der Waals surface area contributed by atoms with E-state index in [9.17, 15) is 4.57 Å². The van der Waals surface area contributed by atoms with Crippen LogP contribution in [0.25, 0.3) is 0 Å². The third-order valence-electron chi connectivity index (χ3n) is 1.21. The van der Waals surface area contributed by atoms with Gasteiger partial charge in [-0.15, -0.1) is 0 Å². The van der Waals surface area contributed by atoms with Crippen LogP contribution in [0, 0.1) is 41.7 Å². The minimum atomic E-state index is -1.50. The summed E-state index contributed by atoms with van der Waals surface area (Å²) in [4.78, 5) is 0. The Balaban J connectivity index is 0.00000121. The minimum absolute atomic E-state index is 0. The largest absolute Gasteiger partial charge is 0.555 e. The van der Waals surface area contributed by atoms with Crippen LogP contribution in [-0.4, -0.2) is 6.16 Å². The van der Waals surface area contributed by atoms with Crippen LogP contribution in [0.2, 0.25) is 0 Å². The maximum atomic E-state index is 10.9. The summed E-state index contributed by atoms with van der Waals surface area (Å²) in [6.07, 6.45) is 0.560. The van der Waals surface area contributed by atoms with Gasteiger partial charge in [0.05, 0.1) is 0 Å². The molecule has 0 fully saturated rings. The van der Waals surface area contributed by atoms with E-state index in [-0.39, 0.29) is 41.7 Å². The summed E-state index contributed by atoms with van der Waals surface area (Å²) in [6.45, 7) is 1.83. The summed E-state index contributed by atoms with van der Waals surface area (Å²) in [6, 6.07) is 9.19. The predicted molar refractivity (Wildman–Crippen MR) is 45.2 cm³/mol. The summed E-state index contributed by atoms with van der Waals surface area (Å²) < 4.78 is 16.0. The molecular weight excluding hydrogens is 299 g/mol. The van der Waals surface area contributed by atoms with Crippen molar-refractivity contribution in [3.05, 3.63) is 30.3 Å². The third kappa shape index (κ3) is 4.50. The van der Waals surface area contributed by atoms with Gasteiger partial charge in [-0.3, -0.25) is 4.52 Å². The van der Waals surface area contributed by atoms with Gasteiger partial charge in [0.2, 0.25) is 0 Å². The number of rotatable bonds is 3. The molecule has 1 aromatic carbocycles. The van der Waals surface area contributed by atoms with Gasteiger partial charge < -0.3 is 0 Å². The molecule has 0 spiro atoms. The van der Waals surface area contributed by atoms with Gasteiger partial charge in [0.25, 0.3) is 0 Å².